The van der Waals surface area contributed by atoms with E-state index in [1.54, 1.807) is 36.4 Å². The number of halogens is 1. The minimum atomic E-state index is -0.196. The lowest BCUT2D eigenvalue weighted by Crippen LogP contribution is -2.55. The van der Waals surface area contributed by atoms with Crippen LogP contribution in [0.1, 0.15) is 52.8 Å². The van der Waals surface area contributed by atoms with Crippen LogP contribution >= 0.6 is 11.6 Å². The van der Waals surface area contributed by atoms with Crippen LogP contribution < -0.4 is 10.6 Å². The van der Waals surface area contributed by atoms with Crippen LogP contribution in [0.5, 0.6) is 0 Å². The van der Waals surface area contributed by atoms with E-state index < -0.39 is 0 Å². The molecule has 0 atom stereocenters. The van der Waals surface area contributed by atoms with Crippen LogP contribution in [0.4, 0.5) is 5.69 Å². The van der Waals surface area contributed by atoms with Crippen molar-refractivity contribution in [1.29, 1.82) is 0 Å². The van der Waals surface area contributed by atoms with E-state index in [1.165, 1.54) is 32.1 Å². The number of carbonyl (C=O) groups excluding carboxylic acids is 2. The van der Waals surface area contributed by atoms with Gasteiger partial charge in [0.05, 0.1) is 11.0 Å². The monoisotopic (exact) mass is 524 g/mol. The largest absolute Gasteiger partial charge is 0.349 e. The molecular formula is C31H29ClN4O2. The molecule has 6 nitrogen and oxygen atoms in total. The highest BCUT2D eigenvalue weighted by atomic mass is 35.5. The Morgan fingerprint density at radius 1 is 0.789 bits per heavy atom. The highest BCUT2D eigenvalue weighted by Crippen LogP contribution is 2.53. The lowest BCUT2D eigenvalue weighted by atomic mass is 9.54. The van der Waals surface area contributed by atoms with Crippen LogP contribution in [0.15, 0.2) is 66.7 Å². The maximum atomic E-state index is 13.2. The predicted molar refractivity (Wildman–Crippen MR) is 149 cm³/mol. The maximum Gasteiger partial charge on any atom is 0.255 e. The van der Waals surface area contributed by atoms with E-state index in [0.717, 1.165) is 28.4 Å². The number of H-pyrrole nitrogens is 1. The third-order valence-electron chi connectivity index (χ3n) is 8.79. The minimum Gasteiger partial charge on any atom is -0.349 e. The molecule has 4 aliphatic carbocycles. The number of aromatic amines is 1. The van der Waals surface area contributed by atoms with E-state index in [0.29, 0.717) is 45.5 Å². The van der Waals surface area contributed by atoms with Crippen LogP contribution in [-0.4, -0.2) is 27.8 Å². The van der Waals surface area contributed by atoms with Crippen molar-refractivity contribution < 1.29 is 9.59 Å². The van der Waals surface area contributed by atoms with Gasteiger partial charge in [0.25, 0.3) is 11.8 Å². The Balaban J connectivity index is 1.05. The molecule has 0 spiro atoms. The number of hydrogen-bond acceptors (Lipinski definition) is 3. The minimum absolute atomic E-state index is 0.00461. The van der Waals surface area contributed by atoms with Gasteiger partial charge in [-0.25, -0.2) is 4.98 Å². The van der Waals surface area contributed by atoms with Crippen LogP contribution in [0.25, 0.3) is 22.4 Å². The van der Waals surface area contributed by atoms with Gasteiger partial charge in [-0.15, -0.1) is 0 Å². The Kier molecular flexibility index (Phi) is 5.73. The number of hydrogen-bond donors (Lipinski definition) is 3. The molecule has 4 saturated carbocycles. The summed E-state index contributed by atoms with van der Waals surface area (Å²) in [5.74, 6) is 3.57. The van der Waals surface area contributed by atoms with E-state index in [-0.39, 0.29) is 11.8 Å². The molecule has 38 heavy (non-hydrogen) atoms. The Morgan fingerprint density at radius 3 is 2.13 bits per heavy atom. The number of rotatable bonds is 5. The molecule has 0 radical (unpaired) electrons. The Labute approximate surface area is 226 Å². The smallest absolute Gasteiger partial charge is 0.255 e. The molecule has 4 aromatic rings. The zero-order valence-electron chi connectivity index (χ0n) is 20.9. The zero-order chi connectivity index (χ0) is 25.8. The molecule has 1 heterocycles. The summed E-state index contributed by atoms with van der Waals surface area (Å²) in [4.78, 5) is 33.9. The second-order valence-corrected chi connectivity index (χ2v) is 11.7. The summed E-state index contributed by atoms with van der Waals surface area (Å²) < 4.78 is 0. The van der Waals surface area contributed by atoms with Crippen molar-refractivity contribution in [3.63, 3.8) is 0 Å². The van der Waals surface area contributed by atoms with E-state index in [1.807, 2.05) is 30.3 Å². The quantitative estimate of drug-likeness (QED) is 0.272. The third kappa shape index (κ3) is 4.37. The molecule has 192 valence electrons. The van der Waals surface area contributed by atoms with Crippen LogP contribution in [0.3, 0.4) is 0 Å². The van der Waals surface area contributed by atoms with E-state index in [4.69, 9.17) is 16.6 Å². The zero-order valence-corrected chi connectivity index (χ0v) is 21.7. The van der Waals surface area contributed by atoms with Crippen LogP contribution in [-0.2, 0) is 0 Å². The number of nitrogens with one attached hydrogen (secondary N) is 3. The summed E-state index contributed by atoms with van der Waals surface area (Å²) in [5, 5.41) is 6.89. The molecule has 4 aliphatic rings. The number of benzene rings is 3. The number of amides is 2. The van der Waals surface area contributed by atoms with Gasteiger partial charge in [-0.2, -0.15) is 0 Å². The maximum absolute atomic E-state index is 13.2. The Bertz CT molecular complexity index is 1500. The average molecular weight is 525 g/mol. The van der Waals surface area contributed by atoms with Gasteiger partial charge < -0.3 is 15.6 Å². The molecule has 1 aromatic heterocycles. The molecule has 0 aliphatic heterocycles. The second-order valence-electron chi connectivity index (χ2n) is 11.3. The summed E-state index contributed by atoms with van der Waals surface area (Å²) in [7, 11) is 0. The molecule has 8 rings (SSSR count). The molecule has 3 N–H and O–H groups in total. The molecule has 0 unspecified atom stereocenters. The van der Waals surface area contributed by atoms with Crippen LogP contribution in [0, 0.1) is 23.7 Å². The van der Waals surface area contributed by atoms with Gasteiger partial charge in [0.1, 0.15) is 5.82 Å². The van der Waals surface area contributed by atoms with Crippen molar-refractivity contribution in [3.05, 3.63) is 82.9 Å². The van der Waals surface area contributed by atoms with Gasteiger partial charge in [-0.1, -0.05) is 23.7 Å². The van der Waals surface area contributed by atoms with Gasteiger partial charge in [0.15, 0.2) is 0 Å². The van der Waals surface area contributed by atoms with Crippen molar-refractivity contribution in [1.82, 2.24) is 15.3 Å². The summed E-state index contributed by atoms with van der Waals surface area (Å²) in [6.07, 6.45) is 6.52. The number of carbonyl (C=O) groups is 2. The first-order chi connectivity index (χ1) is 18.5. The van der Waals surface area contributed by atoms with Gasteiger partial charge in [0.2, 0.25) is 0 Å². The third-order valence-corrected chi connectivity index (χ3v) is 9.04. The number of anilines is 1. The van der Waals surface area contributed by atoms with Crippen molar-refractivity contribution in [3.8, 4) is 11.4 Å². The van der Waals surface area contributed by atoms with Gasteiger partial charge in [-0.3, -0.25) is 9.59 Å². The fraction of sp³-hybridized carbons (Fsp3) is 0.323. The first kappa shape index (κ1) is 23.5. The predicted octanol–water partition coefficient (Wildman–Crippen LogP) is 6.69. The Hall–Kier alpha value is -3.64. The summed E-state index contributed by atoms with van der Waals surface area (Å²) in [5.41, 5.74) is 4.37. The molecule has 4 fully saturated rings. The fourth-order valence-electron chi connectivity index (χ4n) is 7.20. The van der Waals surface area contributed by atoms with Crippen molar-refractivity contribution in [2.24, 2.45) is 23.7 Å². The SMILES string of the molecule is O=C(Nc1ccc(Cl)cc1)c1ccc(-c2nc3cc(C(=O)NC4C5C[C@H]6C[C@@H](C5)C[C@@H]4C6)ccc3[nH]2)cc1. The number of fused-ring (bicyclic) bond motifs is 1. The molecule has 2 amide bonds. The fourth-order valence-corrected chi connectivity index (χ4v) is 7.32. The summed E-state index contributed by atoms with van der Waals surface area (Å²) in [6, 6.07) is 20.3. The normalized spacial score (nSPS) is 25.4. The second kappa shape index (κ2) is 9.28. The summed E-state index contributed by atoms with van der Waals surface area (Å²) in [6.45, 7) is 0. The van der Waals surface area contributed by atoms with Crippen LogP contribution in [0.2, 0.25) is 5.02 Å². The molecule has 4 bridgehead atoms. The highest BCUT2D eigenvalue weighted by Gasteiger charge is 2.48. The van der Waals surface area contributed by atoms with Crippen molar-refractivity contribution in [2.45, 2.75) is 38.1 Å². The average Bonchev–Trinajstić information content (AvgIpc) is 3.35. The molecular weight excluding hydrogens is 496 g/mol. The summed E-state index contributed by atoms with van der Waals surface area (Å²) >= 11 is 5.92. The van der Waals surface area contributed by atoms with E-state index in [9.17, 15) is 9.59 Å². The number of aromatic nitrogens is 2. The highest BCUT2D eigenvalue weighted by molar-refractivity contribution is 6.30. The van der Waals surface area contributed by atoms with E-state index in [2.05, 4.69) is 15.6 Å². The lowest BCUT2D eigenvalue weighted by molar-refractivity contribution is -0.0119. The molecule has 7 heteroatoms. The first-order valence-electron chi connectivity index (χ1n) is 13.5. The molecule has 0 saturated heterocycles. The first-order valence-corrected chi connectivity index (χ1v) is 13.8. The van der Waals surface area contributed by atoms with Gasteiger partial charge >= 0.3 is 0 Å². The number of imidazole rings is 1. The van der Waals surface area contributed by atoms with Crippen molar-refractivity contribution >= 4 is 40.1 Å². The van der Waals surface area contributed by atoms with Gasteiger partial charge in [-0.05, 0) is 110 Å². The van der Waals surface area contributed by atoms with Gasteiger partial charge in [0, 0.05) is 33.4 Å². The lowest BCUT2D eigenvalue weighted by Gasteiger charge is -2.54. The Morgan fingerprint density at radius 2 is 1.45 bits per heavy atom. The standard InChI is InChI=1S/C31H29ClN4O2/c32-24-6-8-25(9-7-24)33-30(37)20-3-1-19(2-4-20)29-34-26-10-5-21(16-27(26)35-29)31(38)36-28-22-12-17-11-18(14-22)15-23(28)13-17/h1-10,16-18,22-23,28H,11-15H2,(H,33,37)(H,34,35)(H,36,38)/t17-,18+,22-,23?,28?. The number of nitrogens with zero attached hydrogens (tertiary/aromatic N) is 1. The topological polar surface area (TPSA) is 86.9 Å². The van der Waals surface area contributed by atoms with Crippen molar-refractivity contribution in [2.75, 3.05) is 5.32 Å². The van der Waals surface area contributed by atoms with E-state index >= 15 is 0 Å². The molecule has 3 aromatic carbocycles.